The van der Waals surface area contributed by atoms with E-state index in [1.54, 1.807) is 17.9 Å². The Hall–Kier alpha value is 0.439. The summed E-state index contributed by atoms with van der Waals surface area (Å²) in [7, 11) is 3.46. The molecule has 0 radical (unpaired) electrons. The first-order valence-electron chi connectivity index (χ1n) is 11.2. The van der Waals surface area contributed by atoms with Crippen LogP contribution in [0, 0.1) is 11.8 Å². The third-order valence-electron chi connectivity index (χ3n) is 4.45. The summed E-state index contributed by atoms with van der Waals surface area (Å²) < 4.78 is 10.7. The second-order valence-corrected chi connectivity index (χ2v) is 38.4. The molecule has 0 rings (SSSR count). The van der Waals surface area contributed by atoms with Gasteiger partial charge in [-0.15, -0.1) is 0 Å². The van der Waals surface area contributed by atoms with E-state index in [1.165, 1.54) is 25.7 Å². The van der Waals surface area contributed by atoms with E-state index in [9.17, 15) is 9.59 Å². The van der Waals surface area contributed by atoms with Gasteiger partial charge < -0.3 is 0 Å². The molecule has 0 bridgehead atoms. The fourth-order valence-electron chi connectivity index (χ4n) is 2.63. The molecule has 0 aliphatic heterocycles. The number of carbonyl (C=O) groups is 2. The van der Waals surface area contributed by atoms with E-state index in [2.05, 4.69) is 37.6 Å². The molecule has 172 valence electrons. The Balaban J connectivity index is 3.72. The summed E-state index contributed by atoms with van der Waals surface area (Å²) in [5, 5.41) is 0. The number of carbonyl (C=O) groups excluding carboxylic acids is 2. The Bertz CT molecular complexity index is 405. The maximum absolute atomic E-state index is 11.9. The van der Waals surface area contributed by atoms with Crippen LogP contribution in [0.3, 0.4) is 0 Å². The SMILES string of the molecule is CC(C)CCCCCOC(=O)C[S][Sn]([CH3])([CH3])[S]CC(=O)OCCCCCC(C)C. The Labute approximate surface area is 189 Å². The van der Waals surface area contributed by atoms with Gasteiger partial charge in [0.25, 0.3) is 0 Å². The molecule has 0 saturated heterocycles. The zero-order valence-electron chi connectivity index (χ0n) is 19.6. The standard InChI is InChI=1S/2C10H20O2S.2CH3.Sn/c2*1-9(2)6-4-3-5-7-12-10(11)8-13;;;/h2*9,13H,3-8H2,1-2H3;2*1H3;/q;;;;+2/p-2. The van der Waals surface area contributed by atoms with E-state index in [0.717, 1.165) is 37.5 Å². The summed E-state index contributed by atoms with van der Waals surface area (Å²) in [5.74, 6) is 2.07. The average molecular weight is 555 g/mol. The van der Waals surface area contributed by atoms with Gasteiger partial charge in [-0.05, 0) is 0 Å². The summed E-state index contributed by atoms with van der Waals surface area (Å²) in [6.07, 6.45) is 9.05. The van der Waals surface area contributed by atoms with Crippen molar-refractivity contribution in [2.75, 3.05) is 24.7 Å². The van der Waals surface area contributed by atoms with E-state index in [-0.39, 0.29) is 11.9 Å². The Morgan fingerprint density at radius 2 is 1.07 bits per heavy atom. The van der Waals surface area contributed by atoms with Crippen LogP contribution in [-0.2, 0) is 19.1 Å². The van der Waals surface area contributed by atoms with Crippen LogP contribution >= 0.6 is 17.9 Å². The molecular formula is C22H44O4S2Sn. The summed E-state index contributed by atoms with van der Waals surface area (Å²) in [5.41, 5.74) is 0. The van der Waals surface area contributed by atoms with Gasteiger partial charge in [-0.1, -0.05) is 0 Å². The van der Waals surface area contributed by atoms with Crippen LogP contribution < -0.4 is 0 Å². The minimum atomic E-state index is -2.52. The Morgan fingerprint density at radius 1 is 0.690 bits per heavy atom. The van der Waals surface area contributed by atoms with Crippen molar-refractivity contribution >= 4 is 45.4 Å². The third-order valence-corrected chi connectivity index (χ3v) is 25.7. The molecule has 4 nitrogen and oxygen atoms in total. The first-order chi connectivity index (χ1) is 13.6. The van der Waals surface area contributed by atoms with Crippen LogP contribution in [-0.4, -0.2) is 52.3 Å². The molecule has 0 atom stereocenters. The summed E-state index contributed by atoms with van der Waals surface area (Å²) in [4.78, 5) is 28.3. The number of hydrogen-bond acceptors (Lipinski definition) is 6. The summed E-state index contributed by atoms with van der Waals surface area (Å²) in [6, 6.07) is 0. The molecule has 29 heavy (non-hydrogen) atoms. The number of ether oxygens (including phenoxy) is 2. The molecule has 0 aromatic heterocycles. The molecule has 0 aromatic carbocycles. The number of esters is 2. The molecule has 0 fully saturated rings. The van der Waals surface area contributed by atoms with Crippen molar-refractivity contribution in [3.8, 4) is 0 Å². The van der Waals surface area contributed by atoms with Gasteiger partial charge in [-0.3, -0.25) is 0 Å². The van der Waals surface area contributed by atoms with Gasteiger partial charge in [0.05, 0.1) is 0 Å². The van der Waals surface area contributed by atoms with Gasteiger partial charge in [-0.25, -0.2) is 0 Å². The quantitative estimate of drug-likeness (QED) is 0.107. The number of hydrogen-bond donors (Lipinski definition) is 0. The van der Waals surface area contributed by atoms with E-state index < -0.39 is 15.6 Å². The Kier molecular flexibility index (Phi) is 18.3. The summed E-state index contributed by atoms with van der Waals surface area (Å²) >= 11 is -2.52. The molecule has 0 unspecified atom stereocenters. The number of unbranched alkanes of at least 4 members (excludes halogenated alkanes) is 4. The van der Waals surface area contributed by atoms with Crippen LogP contribution in [0.2, 0.25) is 9.88 Å². The van der Waals surface area contributed by atoms with Crippen molar-refractivity contribution in [2.45, 2.75) is 88.9 Å². The first kappa shape index (κ1) is 29.4. The van der Waals surface area contributed by atoms with Crippen molar-refractivity contribution in [3.63, 3.8) is 0 Å². The molecule has 0 amide bonds. The fraction of sp³-hybridized carbons (Fsp3) is 0.909. The van der Waals surface area contributed by atoms with Gasteiger partial charge in [0.1, 0.15) is 0 Å². The first-order valence-corrected chi connectivity index (χ1v) is 25.9. The molecule has 0 aliphatic carbocycles. The van der Waals surface area contributed by atoms with Gasteiger partial charge in [0, 0.05) is 0 Å². The third kappa shape index (κ3) is 21.5. The zero-order valence-corrected chi connectivity index (χ0v) is 24.1. The molecule has 0 N–H and O–H groups in total. The van der Waals surface area contributed by atoms with Crippen molar-refractivity contribution in [1.29, 1.82) is 0 Å². The molecule has 7 heteroatoms. The van der Waals surface area contributed by atoms with E-state index >= 15 is 0 Å². The zero-order chi connectivity index (χ0) is 22.1. The molecule has 0 heterocycles. The predicted octanol–water partition coefficient (Wildman–Crippen LogP) is 6.67. The van der Waals surface area contributed by atoms with Crippen molar-refractivity contribution in [2.24, 2.45) is 11.8 Å². The maximum atomic E-state index is 11.9. The second kappa shape index (κ2) is 18.1. The van der Waals surface area contributed by atoms with E-state index in [4.69, 9.17) is 9.47 Å². The molecule has 0 aliphatic rings. The van der Waals surface area contributed by atoms with E-state index in [1.807, 2.05) is 0 Å². The van der Waals surface area contributed by atoms with Gasteiger partial charge >= 0.3 is 190 Å². The van der Waals surface area contributed by atoms with Gasteiger partial charge in [0.15, 0.2) is 0 Å². The van der Waals surface area contributed by atoms with Crippen molar-refractivity contribution in [3.05, 3.63) is 0 Å². The van der Waals surface area contributed by atoms with Crippen molar-refractivity contribution in [1.82, 2.24) is 0 Å². The van der Waals surface area contributed by atoms with Crippen LogP contribution in [0.25, 0.3) is 0 Å². The van der Waals surface area contributed by atoms with Crippen LogP contribution in [0.4, 0.5) is 0 Å². The minimum absolute atomic E-state index is 0.117. The molecule has 0 saturated carbocycles. The van der Waals surface area contributed by atoms with Crippen LogP contribution in [0.5, 0.6) is 0 Å². The fourth-order valence-corrected chi connectivity index (χ4v) is 16.5. The van der Waals surface area contributed by atoms with Crippen molar-refractivity contribution < 1.29 is 19.1 Å². The van der Waals surface area contributed by atoms with Gasteiger partial charge in [0.2, 0.25) is 0 Å². The van der Waals surface area contributed by atoms with Crippen LogP contribution in [0.1, 0.15) is 79.1 Å². The van der Waals surface area contributed by atoms with E-state index in [0.29, 0.717) is 24.7 Å². The monoisotopic (exact) mass is 556 g/mol. The Morgan fingerprint density at radius 3 is 1.41 bits per heavy atom. The predicted molar refractivity (Wildman–Crippen MR) is 131 cm³/mol. The summed E-state index contributed by atoms with van der Waals surface area (Å²) in [6.45, 7) is 10.00. The normalized spacial score (nSPS) is 11.9. The molecular weight excluding hydrogens is 511 g/mol. The molecule has 0 aromatic rings. The second-order valence-electron chi connectivity index (χ2n) is 8.90. The van der Waals surface area contributed by atoms with Crippen LogP contribution in [0.15, 0.2) is 0 Å². The molecule has 0 spiro atoms. The number of rotatable bonds is 18. The average Bonchev–Trinajstić information content (AvgIpc) is 2.63. The topological polar surface area (TPSA) is 52.6 Å². The van der Waals surface area contributed by atoms with Gasteiger partial charge in [-0.2, -0.15) is 0 Å².